The summed E-state index contributed by atoms with van der Waals surface area (Å²) < 4.78 is 9.94. The Balaban J connectivity index is 2.57. The van der Waals surface area contributed by atoms with Gasteiger partial charge >= 0.3 is 5.97 Å². The number of ether oxygens (including phenoxy) is 2. The quantitative estimate of drug-likeness (QED) is 0.722. The van der Waals surface area contributed by atoms with Crippen LogP contribution in [0.3, 0.4) is 0 Å². The fraction of sp³-hybridized carbons (Fsp3) is 0.500. The Morgan fingerprint density at radius 2 is 1.86 bits per heavy atom. The molecule has 2 atom stereocenters. The highest BCUT2D eigenvalue weighted by molar-refractivity contribution is 5.84. The molecule has 0 aliphatic rings. The largest absolute Gasteiger partial charge is 0.497 e. The predicted molar refractivity (Wildman–Crippen MR) is 81.9 cm³/mol. The Morgan fingerprint density at radius 3 is 2.36 bits per heavy atom. The molecule has 1 aromatic rings. The Morgan fingerprint density at radius 1 is 1.23 bits per heavy atom. The summed E-state index contributed by atoms with van der Waals surface area (Å²) in [5, 5.41) is 11.6. The summed E-state index contributed by atoms with van der Waals surface area (Å²) in [7, 11) is 3.09. The number of benzene rings is 1. The highest BCUT2D eigenvalue weighted by Crippen LogP contribution is 2.15. The first-order valence-electron chi connectivity index (χ1n) is 7.13. The number of rotatable bonds is 9. The second-order valence-corrected chi connectivity index (χ2v) is 5.13. The normalized spacial score (nSPS) is 13.2. The molecule has 0 saturated heterocycles. The summed E-state index contributed by atoms with van der Waals surface area (Å²) in [5.74, 6) is -0.898. The van der Waals surface area contributed by atoms with E-state index in [1.807, 2.05) is 24.3 Å². The van der Waals surface area contributed by atoms with Crippen molar-refractivity contribution in [1.29, 1.82) is 0 Å². The van der Waals surface area contributed by atoms with Crippen molar-refractivity contribution in [2.45, 2.75) is 25.8 Å². The Bertz CT molecular complexity index is 486. The number of hydrogen-bond donors (Lipinski definition) is 2. The average molecular weight is 309 g/mol. The van der Waals surface area contributed by atoms with E-state index in [9.17, 15) is 9.59 Å². The molecule has 6 nitrogen and oxygen atoms in total. The molecule has 122 valence electrons. The zero-order valence-electron chi connectivity index (χ0n) is 13.2. The van der Waals surface area contributed by atoms with E-state index in [-0.39, 0.29) is 24.9 Å². The highest BCUT2D eigenvalue weighted by atomic mass is 16.5. The number of aliphatic carboxylic acids is 1. The summed E-state index contributed by atoms with van der Waals surface area (Å²) in [5.41, 5.74) is 0.993. The first-order chi connectivity index (χ1) is 10.5. The molecule has 2 unspecified atom stereocenters. The molecule has 0 spiro atoms. The molecular weight excluding hydrogens is 286 g/mol. The van der Waals surface area contributed by atoms with Crippen LogP contribution in [0.15, 0.2) is 24.3 Å². The fourth-order valence-corrected chi connectivity index (χ4v) is 2.01. The topological polar surface area (TPSA) is 84.9 Å². The van der Waals surface area contributed by atoms with Gasteiger partial charge in [0, 0.05) is 26.1 Å². The summed E-state index contributed by atoms with van der Waals surface area (Å²) in [6.45, 7) is 2.05. The lowest BCUT2D eigenvalue weighted by Gasteiger charge is -2.17. The van der Waals surface area contributed by atoms with Gasteiger partial charge in [-0.1, -0.05) is 19.1 Å². The van der Waals surface area contributed by atoms with Gasteiger partial charge in [0.15, 0.2) is 0 Å². The van der Waals surface area contributed by atoms with Gasteiger partial charge in [-0.15, -0.1) is 0 Å². The number of carboxylic acid groups (broad SMARTS) is 1. The molecule has 1 rings (SSSR count). The number of hydrogen-bond acceptors (Lipinski definition) is 4. The SMILES string of the molecule is COCCC(NC(=O)C(C)Cc1ccc(OC)cc1)C(=O)O. The van der Waals surface area contributed by atoms with E-state index in [0.29, 0.717) is 6.42 Å². The van der Waals surface area contributed by atoms with Crippen molar-refractivity contribution in [3.8, 4) is 5.75 Å². The fourth-order valence-electron chi connectivity index (χ4n) is 2.01. The van der Waals surface area contributed by atoms with Crippen LogP contribution >= 0.6 is 0 Å². The van der Waals surface area contributed by atoms with Gasteiger partial charge in [-0.3, -0.25) is 4.79 Å². The molecule has 0 heterocycles. The maximum absolute atomic E-state index is 12.1. The van der Waals surface area contributed by atoms with Crippen molar-refractivity contribution in [2.24, 2.45) is 5.92 Å². The van der Waals surface area contributed by atoms with Crippen molar-refractivity contribution >= 4 is 11.9 Å². The van der Waals surface area contributed by atoms with Gasteiger partial charge in [-0.05, 0) is 24.1 Å². The van der Waals surface area contributed by atoms with Gasteiger partial charge in [0.1, 0.15) is 11.8 Å². The maximum atomic E-state index is 12.1. The molecule has 0 aromatic heterocycles. The van der Waals surface area contributed by atoms with E-state index in [4.69, 9.17) is 14.6 Å². The van der Waals surface area contributed by atoms with Crippen LogP contribution in [0.1, 0.15) is 18.9 Å². The van der Waals surface area contributed by atoms with Crippen LogP contribution in [0, 0.1) is 5.92 Å². The van der Waals surface area contributed by atoms with Gasteiger partial charge in [0.2, 0.25) is 5.91 Å². The molecule has 0 bridgehead atoms. The molecule has 0 radical (unpaired) electrons. The van der Waals surface area contributed by atoms with Gasteiger partial charge < -0.3 is 19.9 Å². The number of amides is 1. The van der Waals surface area contributed by atoms with Gasteiger partial charge in [0.05, 0.1) is 7.11 Å². The third-order valence-corrected chi connectivity index (χ3v) is 3.37. The van der Waals surface area contributed by atoms with Crippen molar-refractivity contribution in [3.63, 3.8) is 0 Å². The molecule has 0 aliphatic heterocycles. The first kappa shape index (κ1) is 18.0. The second-order valence-electron chi connectivity index (χ2n) is 5.13. The number of methoxy groups -OCH3 is 2. The molecule has 0 fully saturated rings. The molecular formula is C16H23NO5. The minimum atomic E-state index is -1.05. The van der Waals surface area contributed by atoms with Crippen molar-refractivity contribution in [2.75, 3.05) is 20.8 Å². The number of nitrogens with one attached hydrogen (secondary N) is 1. The van der Waals surface area contributed by atoms with E-state index >= 15 is 0 Å². The number of carbonyl (C=O) groups excluding carboxylic acids is 1. The molecule has 1 amide bonds. The summed E-state index contributed by atoms with van der Waals surface area (Å²) in [6, 6.07) is 6.52. The smallest absolute Gasteiger partial charge is 0.326 e. The van der Waals surface area contributed by atoms with Gasteiger partial charge in [-0.2, -0.15) is 0 Å². The number of carbonyl (C=O) groups is 2. The zero-order valence-corrected chi connectivity index (χ0v) is 13.2. The van der Waals surface area contributed by atoms with Crippen LogP contribution in [-0.2, 0) is 20.7 Å². The number of carboxylic acids is 1. The van der Waals surface area contributed by atoms with Crippen LogP contribution in [-0.4, -0.2) is 43.9 Å². The van der Waals surface area contributed by atoms with Crippen LogP contribution in [0.2, 0.25) is 0 Å². The minimum absolute atomic E-state index is 0.243. The Kier molecular flexibility index (Phi) is 7.39. The lowest BCUT2D eigenvalue weighted by molar-refractivity contribution is -0.142. The van der Waals surface area contributed by atoms with Gasteiger partial charge in [0.25, 0.3) is 0 Å². The van der Waals surface area contributed by atoms with E-state index in [1.165, 1.54) is 7.11 Å². The van der Waals surface area contributed by atoms with E-state index < -0.39 is 12.0 Å². The van der Waals surface area contributed by atoms with Crippen LogP contribution in [0.5, 0.6) is 5.75 Å². The van der Waals surface area contributed by atoms with E-state index in [0.717, 1.165) is 11.3 Å². The predicted octanol–water partition coefficient (Wildman–Crippen LogP) is 1.48. The lowest BCUT2D eigenvalue weighted by Crippen LogP contribution is -2.44. The third-order valence-electron chi connectivity index (χ3n) is 3.37. The molecule has 0 saturated carbocycles. The third kappa shape index (κ3) is 5.73. The lowest BCUT2D eigenvalue weighted by atomic mass is 9.99. The van der Waals surface area contributed by atoms with Crippen molar-refractivity contribution in [1.82, 2.24) is 5.32 Å². The molecule has 6 heteroatoms. The Labute approximate surface area is 130 Å². The van der Waals surface area contributed by atoms with Crippen LogP contribution in [0.25, 0.3) is 0 Å². The standard InChI is InChI=1S/C16H23NO5/c1-11(10-12-4-6-13(22-3)7-5-12)15(18)17-14(16(19)20)8-9-21-2/h4-7,11,14H,8-10H2,1-3H3,(H,17,18)(H,19,20). The van der Waals surface area contributed by atoms with Crippen LogP contribution in [0.4, 0.5) is 0 Å². The maximum Gasteiger partial charge on any atom is 0.326 e. The van der Waals surface area contributed by atoms with Crippen molar-refractivity contribution in [3.05, 3.63) is 29.8 Å². The molecule has 0 aliphatic carbocycles. The average Bonchev–Trinajstić information content (AvgIpc) is 2.51. The van der Waals surface area contributed by atoms with E-state index in [2.05, 4.69) is 5.32 Å². The van der Waals surface area contributed by atoms with Crippen molar-refractivity contribution < 1.29 is 24.2 Å². The highest BCUT2D eigenvalue weighted by Gasteiger charge is 2.22. The first-order valence-corrected chi connectivity index (χ1v) is 7.13. The zero-order chi connectivity index (χ0) is 16.5. The second kappa shape index (κ2) is 9.04. The molecule has 2 N–H and O–H groups in total. The monoisotopic (exact) mass is 309 g/mol. The van der Waals surface area contributed by atoms with E-state index in [1.54, 1.807) is 14.0 Å². The summed E-state index contributed by atoms with van der Waals surface area (Å²) in [6.07, 6.45) is 0.777. The summed E-state index contributed by atoms with van der Waals surface area (Å²) >= 11 is 0. The molecule has 22 heavy (non-hydrogen) atoms. The Hall–Kier alpha value is -2.08. The summed E-state index contributed by atoms with van der Waals surface area (Å²) in [4.78, 5) is 23.2. The molecule has 1 aromatic carbocycles. The van der Waals surface area contributed by atoms with Crippen LogP contribution < -0.4 is 10.1 Å². The minimum Gasteiger partial charge on any atom is -0.497 e. The van der Waals surface area contributed by atoms with Gasteiger partial charge in [-0.25, -0.2) is 4.79 Å².